The van der Waals surface area contributed by atoms with Gasteiger partial charge in [-0.2, -0.15) is 0 Å². The van der Waals surface area contributed by atoms with Gasteiger partial charge in [0.2, 0.25) is 10.0 Å². The first-order valence-electron chi connectivity index (χ1n) is 7.36. The third-order valence-electron chi connectivity index (χ3n) is 3.53. The molecule has 1 saturated heterocycles. The second-order valence-electron chi connectivity index (χ2n) is 5.66. The van der Waals surface area contributed by atoms with Crippen LogP contribution >= 0.6 is 11.3 Å². The summed E-state index contributed by atoms with van der Waals surface area (Å²) in [7, 11) is -3.41. The molecule has 0 saturated carbocycles. The predicted octanol–water partition coefficient (Wildman–Crippen LogP) is 1.95. The van der Waals surface area contributed by atoms with E-state index in [-0.39, 0.29) is 0 Å². The van der Waals surface area contributed by atoms with Gasteiger partial charge in [-0.05, 0) is 30.2 Å². The van der Waals surface area contributed by atoms with Crippen molar-refractivity contribution in [3.63, 3.8) is 0 Å². The highest BCUT2D eigenvalue weighted by Gasteiger charge is 2.21. The second kappa shape index (κ2) is 7.69. The van der Waals surface area contributed by atoms with E-state index in [1.165, 1.54) is 11.3 Å². The molecule has 2 N–H and O–H groups in total. The van der Waals surface area contributed by atoms with Crippen LogP contribution in [0.15, 0.2) is 16.3 Å². The number of thiophene rings is 1. The Bertz CT molecular complexity index is 534. The molecule has 1 aliphatic heterocycles. The lowest BCUT2D eigenvalue weighted by atomic mass is 10.1. The third-order valence-corrected chi connectivity index (χ3v) is 6.13. The third kappa shape index (κ3) is 5.03. The van der Waals surface area contributed by atoms with Crippen LogP contribution < -0.4 is 10.0 Å². The van der Waals surface area contributed by atoms with Gasteiger partial charge < -0.3 is 10.1 Å². The predicted molar refractivity (Wildman–Crippen MR) is 85.0 cm³/mol. The summed E-state index contributed by atoms with van der Waals surface area (Å²) in [5.74, 6) is 0.484. The Kier molecular flexibility index (Phi) is 6.19. The summed E-state index contributed by atoms with van der Waals surface area (Å²) in [5.41, 5.74) is 0. The Morgan fingerprint density at radius 2 is 2.29 bits per heavy atom. The molecule has 0 spiro atoms. The molecule has 2 rings (SSSR count). The Morgan fingerprint density at radius 1 is 1.48 bits per heavy atom. The molecule has 0 aliphatic carbocycles. The monoisotopic (exact) mass is 332 g/mol. The maximum Gasteiger partial charge on any atom is 0.241 e. The maximum absolute atomic E-state index is 12.4. The van der Waals surface area contributed by atoms with Gasteiger partial charge in [-0.1, -0.05) is 13.8 Å². The zero-order valence-corrected chi connectivity index (χ0v) is 14.2. The van der Waals surface area contributed by atoms with Gasteiger partial charge in [-0.3, -0.25) is 0 Å². The summed E-state index contributed by atoms with van der Waals surface area (Å²) in [6.45, 7) is 6.70. The lowest BCUT2D eigenvalue weighted by Gasteiger charge is -2.11. The number of nitrogens with one attached hydrogen (secondary N) is 2. The lowest BCUT2D eigenvalue weighted by molar-refractivity contribution is 0.184. The molecule has 0 amide bonds. The first-order valence-corrected chi connectivity index (χ1v) is 9.72. The van der Waals surface area contributed by atoms with Crippen molar-refractivity contribution in [1.82, 2.24) is 10.0 Å². The van der Waals surface area contributed by atoms with Crippen molar-refractivity contribution in [2.24, 2.45) is 5.92 Å². The number of ether oxygens (including phenoxy) is 1. The van der Waals surface area contributed by atoms with Crippen LogP contribution in [0, 0.1) is 5.92 Å². The summed E-state index contributed by atoms with van der Waals surface area (Å²) in [6.07, 6.45) is 1.87. The fourth-order valence-electron chi connectivity index (χ4n) is 2.28. The van der Waals surface area contributed by atoms with Crippen molar-refractivity contribution in [2.45, 2.75) is 44.2 Å². The molecule has 120 valence electrons. The average molecular weight is 332 g/mol. The first kappa shape index (κ1) is 16.9. The minimum atomic E-state index is -3.41. The van der Waals surface area contributed by atoms with Crippen molar-refractivity contribution in [1.29, 1.82) is 0 Å². The molecule has 1 fully saturated rings. The van der Waals surface area contributed by atoms with Crippen LogP contribution in [0.1, 0.15) is 31.6 Å². The van der Waals surface area contributed by atoms with Gasteiger partial charge >= 0.3 is 0 Å². The standard InChI is InChI=1S/C14H24N2O3S2/c1-11(2)15-9-13-14(5-8-20-13)21(17,18)16-6-3-12-4-7-19-10-12/h5,8,11-12,15-16H,3-4,6-7,9-10H2,1-2H3. The molecule has 0 aromatic carbocycles. The molecule has 1 atom stereocenters. The Morgan fingerprint density at radius 3 is 2.95 bits per heavy atom. The van der Waals surface area contributed by atoms with E-state index in [1.54, 1.807) is 6.07 Å². The molecular weight excluding hydrogens is 308 g/mol. The Labute approximate surface area is 131 Å². The van der Waals surface area contributed by atoms with Gasteiger partial charge in [0.15, 0.2) is 0 Å². The fraction of sp³-hybridized carbons (Fsp3) is 0.714. The zero-order chi connectivity index (χ0) is 15.3. The van der Waals surface area contributed by atoms with Crippen LogP contribution in [-0.2, 0) is 21.3 Å². The molecule has 2 heterocycles. The number of hydrogen-bond donors (Lipinski definition) is 2. The molecule has 5 nitrogen and oxygen atoms in total. The van der Waals surface area contributed by atoms with E-state index >= 15 is 0 Å². The molecule has 0 radical (unpaired) electrons. The van der Waals surface area contributed by atoms with Crippen LogP contribution in [0.3, 0.4) is 0 Å². The molecule has 0 bridgehead atoms. The van der Waals surface area contributed by atoms with Crippen LogP contribution in [0.2, 0.25) is 0 Å². The number of rotatable bonds is 8. The smallest absolute Gasteiger partial charge is 0.241 e. The van der Waals surface area contributed by atoms with Crippen molar-refractivity contribution in [3.05, 3.63) is 16.3 Å². The van der Waals surface area contributed by atoms with E-state index in [4.69, 9.17) is 4.74 Å². The average Bonchev–Trinajstić information content (AvgIpc) is 3.07. The van der Waals surface area contributed by atoms with Gasteiger partial charge in [-0.25, -0.2) is 13.1 Å². The van der Waals surface area contributed by atoms with Crippen molar-refractivity contribution >= 4 is 21.4 Å². The minimum absolute atomic E-state index is 0.331. The quantitative estimate of drug-likeness (QED) is 0.763. The maximum atomic E-state index is 12.4. The summed E-state index contributed by atoms with van der Waals surface area (Å²) in [6, 6.07) is 2.02. The van der Waals surface area contributed by atoms with E-state index in [0.717, 1.165) is 30.9 Å². The molecule has 1 unspecified atom stereocenters. The van der Waals surface area contributed by atoms with E-state index < -0.39 is 10.0 Å². The first-order chi connectivity index (χ1) is 9.99. The Hall–Kier alpha value is -0.470. The van der Waals surface area contributed by atoms with E-state index in [0.29, 0.717) is 29.9 Å². The largest absolute Gasteiger partial charge is 0.381 e. The van der Waals surface area contributed by atoms with Gasteiger partial charge in [0.25, 0.3) is 0 Å². The SMILES string of the molecule is CC(C)NCc1sccc1S(=O)(=O)NCCC1CCOC1. The van der Waals surface area contributed by atoms with Crippen LogP contribution in [0.5, 0.6) is 0 Å². The van der Waals surface area contributed by atoms with Crippen LogP contribution in [-0.4, -0.2) is 34.2 Å². The highest BCUT2D eigenvalue weighted by molar-refractivity contribution is 7.89. The van der Waals surface area contributed by atoms with Crippen LogP contribution in [0.4, 0.5) is 0 Å². The van der Waals surface area contributed by atoms with Crippen molar-refractivity contribution in [2.75, 3.05) is 19.8 Å². The van der Waals surface area contributed by atoms with Gasteiger partial charge in [0.1, 0.15) is 0 Å². The summed E-state index contributed by atoms with van der Waals surface area (Å²) in [5, 5.41) is 5.09. The van der Waals surface area contributed by atoms with E-state index in [1.807, 2.05) is 19.2 Å². The molecule has 1 aromatic heterocycles. The Balaban J connectivity index is 1.90. The van der Waals surface area contributed by atoms with Crippen molar-refractivity contribution < 1.29 is 13.2 Å². The molecular formula is C14H24N2O3S2. The molecule has 21 heavy (non-hydrogen) atoms. The fourth-order valence-corrected chi connectivity index (χ4v) is 4.72. The lowest BCUT2D eigenvalue weighted by Crippen LogP contribution is -2.28. The van der Waals surface area contributed by atoms with Gasteiger partial charge in [0.05, 0.1) is 4.90 Å². The highest BCUT2D eigenvalue weighted by Crippen LogP contribution is 2.22. The topological polar surface area (TPSA) is 67.4 Å². The minimum Gasteiger partial charge on any atom is -0.381 e. The normalized spacial score (nSPS) is 19.5. The van der Waals surface area contributed by atoms with Crippen molar-refractivity contribution in [3.8, 4) is 0 Å². The number of hydrogen-bond acceptors (Lipinski definition) is 5. The highest BCUT2D eigenvalue weighted by atomic mass is 32.2. The summed E-state index contributed by atoms with van der Waals surface area (Å²) in [4.78, 5) is 1.27. The molecule has 7 heteroatoms. The summed E-state index contributed by atoms with van der Waals surface area (Å²) < 4.78 is 32.8. The number of sulfonamides is 1. The second-order valence-corrected chi connectivity index (χ2v) is 8.40. The van der Waals surface area contributed by atoms with Gasteiger partial charge in [-0.15, -0.1) is 11.3 Å². The van der Waals surface area contributed by atoms with E-state index in [2.05, 4.69) is 10.0 Å². The van der Waals surface area contributed by atoms with Gasteiger partial charge in [0, 0.05) is 37.2 Å². The summed E-state index contributed by atoms with van der Waals surface area (Å²) >= 11 is 1.48. The zero-order valence-electron chi connectivity index (χ0n) is 12.6. The molecule has 1 aliphatic rings. The van der Waals surface area contributed by atoms with Crippen LogP contribution in [0.25, 0.3) is 0 Å². The van der Waals surface area contributed by atoms with E-state index in [9.17, 15) is 8.42 Å². The molecule has 1 aromatic rings.